The van der Waals surface area contributed by atoms with E-state index in [-0.39, 0.29) is 24.6 Å². The highest BCUT2D eigenvalue weighted by atomic mass is 19.1. The molecule has 1 fully saturated rings. The Morgan fingerprint density at radius 2 is 2.10 bits per heavy atom. The maximum atomic E-state index is 14.7. The number of aldehydes is 1. The summed E-state index contributed by atoms with van der Waals surface area (Å²) < 4.78 is 38.9. The first-order valence-electron chi connectivity index (χ1n) is 9.36. The SMILES string of the molecule is CN1C(=O)[C@@H]2C[C@H](C=O)OC[C@]2(c2ccc(F)cc2F)N=C1NC(=O)OC(C)(C)C. The predicted molar refractivity (Wildman–Crippen MR) is 102 cm³/mol. The Kier molecular flexibility index (Phi) is 5.64. The molecule has 2 heterocycles. The molecule has 3 rings (SSSR count). The largest absolute Gasteiger partial charge is 0.444 e. The van der Waals surface area contributed by atoms with Crippen LogP contribution in [-0.4, -0.2) is 54.5 Å². The lowest BCUT2D eigenvalue weighted by Gasteiger charge is -2.47. The van der Waals surface area contributed by atoms with E-state index in [9.17, 15) is 23.2 Å². The number of amides is 2. The first-order valence-corrected chi connectivity index (χ1v) is 9.36. The van der Waals surface area contributed by atoms with Gasteiger partial charge in [-0.3, -0.25) is 15.0 Å². The van der Waals surface area contributed by atoms with Crippen molar-refractivity contribution in [3.8, 4) is 0 Å². The van der Waals surface area contributed by atoms with Gasteiger partial charge in [0, 0.05) is 18.7 Å². The second-order valence-electron chi connectivity index (χ2n) is 8.28. The lowest BCUT2D eigenvalue weighted by Crippen LogP contribution is -2.61. The normalized spacial score (nSPS) is 26.5. The summed E-state index contributed by atoms with van der Waals surface area (Å²) in [6, 6.07) is 2.93. The Balaban J connectivity index is 2.09. The zero-order valence-electron chi connectivity index (χ0n) is 17.1. The Hall–Kier alpha value is -2.88. The van der Waals surface area contributed by atoms with Crippen molar-refractivity contribution in [2.45, 2.75) is 44.4 Å². The summed E-state index contributed by atoms with van der Waals surface area (Å²) >= 11 is 0. The molecule has 2 amide bonds. The Bertz CT molecular complexity index is 914. The van der Waals surface area contributed by atoms with Gasteiger partial charge in [-0.05, 0) is 33.3 Å². The molecular weight excluding hydrogens is 400 g/mol. The number of ether oxygens (including phenoxy) is 2. The highest BCUT2D eigenvalue weighted by Gasteiger charge is 2.55. The Morgan fingerprint density at radius 1 is 1.40 bits per heavy atom. The van der Waals surface area contributed by atoms with Crippen LogP contribution in [0.15, 0.2) is 23.2 Å². The van der Waals surface area contributed by atoms with Gasteiger partial charge >= 0.3 is 6.09 Å². The first-order chi connectivity index (χ1) is 14.0. The van der Waals surface area contributed by atoms with Crippen LogP contribution in [0.4, 0.5) is 13.6 Å². The minimum atomic E-state index is -1.58. The third kappa shape index (κ3) is 4.04. The highest BCUT2D eigenvalue weighted by Crippen LogP contribution is 2.45. The zero-order valence-corrected chi connectivity index (χ0v) is 17.1. The van der Waals surface area contributed by atoms with Crippen molar-refractivity contribution in [1.29, 1.82) is 0 Å². The lowest BCUT2D eigenvalue weighted by molar-refractivity contribution is -0.148. The van der Waals surface area contributed by atoms with E-state index in [4.69, 9.17) is 9.47 Å². The highest BCUT2D eigenvalue weighted by molar-refractivity contribution is 6.06. The number of guanidine groups is 1. The lowest BCUT2D eigenvalue weighted by atomic mass is 9.72. The molecule has 30 heavy (non-hydrogen) atoms. The van der Waals surface area contributed by atoms with Crippen LogP contribution in [0.2, 0.25) is 0 Å². The summed E-state index contributed by atoms with van der Waals surface area (Å²) in [5, 5.41) is 2.41. The van der Waals surface area contributed by atoms with Crippen LogP contribution in [0.25, 0.3) is 0 Å². The smallest absolute Gasteiger partial charge is 0.414 e. The number of alkyl carbamates (subject to hydrolysis) is 1. The predicted octanol–water partition coefficient (Wildman–Crippen LogP) is 2.12. The minimum absolute atomic E-state index is 0.0350. The molecule has 10 heteroatoms. The van der Waals surface area contributed by atoms with Crippen LogP contribution >= 0.6 is 0 Å². The molecule has 2 aliphatic rings. The number of fused-ring (bicyclic) bond motifs is 1. The standard InChI is InChI=1S/C20H23F2N3O5/c1-19(2,3)30-18(28)23-17-24-20(13-6-5-11(21)7-15(13)22)10-29-12(9-26)8-14(20)16(27)25(17)4/h5-7,9,12,14H,8,10H2,1-4H3,(H,23,24,28)/t12-,14+,20-/m1/s1. The summed E-state index contributed by atoms with van der Waals surface area (Å²) in [6.45, 7) is 4.71. The van der Waals surface area contributed by atoms with Gasteiger partial charge in [0.1, 0.15) is 35.2 Å². The van der Waals surface area contributed by atoms with Gasteiger partial charge in [-0.2, -0.15) is 0 Å². The van der Waals surface area contributed by atoms with Gasteiger partial charge in [-0.1, -0.05) is 6.07 Å². The fourth-order valence-corrected chi connectivity index (χ4v) is 3.62. The van der Waals surface area contributed by atoms with Crippen LogP contribution in [0, 0.1) is 17.6 Å². The summed E-state index contributed by atoms with van der Waals surface area (Å²) in [5.74, 6) is -3.30. The fourth-order valence-electron chi connectivity index (χ4n) is 3.62. The third-order valence-electron chi connectivity index (χ3n) is 4.98. The number of carbonyl (C=O) groups is 3. The summed E-state index contributed by atoms with van der Waals surface area (Å²) in [4.78, 5) is 42.2. The average molecular weight is 423 g/mol. The van der Waals surface area contributed by atoms with Crippen molar-refractivity contribution in [2.24, 2.45) is 10.9 Å². The zero-order chi connectivity index (χ0) is 22.3. The minimum Gasteiger partial charge on any atom is -0.444 e. The molecule has 0 spiro atoms. The molecule has 162 valence electrons. The van der Waals surface area contributed by atoms with Crippen LogP contribution < -0.4 is 5.32 Å². The van der Waals surface area contributed by atoms with E-state index in [0.717, 1.165) is 11.0 Å². The van der Waals surface area contributed by atoms with Crippen LogP contribution in [0.1, 0.15) is 32.8 Å². The van der Waals surface area contributed by atoms with Crippen molar-refractivity contribution < 1.29 is 32.6 Å². The molecule has 0 radical (unpaired) electrons. The molecule has 0 unspecified atom stereocenters. The molecule has 1 aromatic rings. The summed E-state index contributed by atoms with van der Waals surface area (Å²) in [5.41, 5.74) is -2.44. The van der Waals surface area contributed by atoms with E-state index in [1.807, 2.05) is 0 Å². The number of aliphatic imine (C=N–C) groups is 1. The molecule has 0 bridgehead atoms. The molecule has 3 atom stereocenters. The van der Waals surface area contributed by atoms with Crippen LogP contribution in [-0.2, 0) is 24.6 Å². The van der Waals surface area contributed by atoms with Crippen molar-refractivity contribution >= 4 is 24.2 Å². The average Bonchev–Trinajstić information content (AvgIpc) is 2.64. The maximum Gasteiger partial charge on any atom is 0.414 e. The van der Waals surface area contributed by atoms with E-state index >= 15 is 0 Å². The summed E-state index contributed by atoms with van der Waals surface area (Å²) in [7, 11) is 1.40. The van der Waals surface area contributed by atoms with Gasteiger partial charge in [-0.15, -0.1) is 0 Å². The summed E-state index contributed by atoms with van der Waals surface area (Å²) in [6.07, 6.45) is -1.18. The van der Waals surface area contributed by atoms with Gasteiger partial charge in [0.05, 0.1) is 12.5 Å². The van der Waals surface area contributed by atoms with E-state index in [0.29, 0.717) is 12.4 Å². The number of hydrogen-bond acceptors (Lipinski definition) is 6. The molecular formula is C20H23F2N3O5. The van der Waals surface area contributed by atoms with Crippen molar-refractivity contribution in [3.63, 3.8) is 0 Å². The number of carbonyl (C=O) groups excluding carboxylic acids is 3. The van der Waals surface area contributed by atoms with E-state index in [1.165, 1.54) is 13.1 Å². The monoisotopic (exact) mass is 423 g/mol. The quantitative estimate of drug-likeness (QED) is 0.735. The van der Waals surface area contributed by atoms with Crippen molar-refractivity contribution in [2.75, 3.05) is 13.7 Å². The number of rotatable bonds is 2. The van der Waals surface area contributed by atoms with E-state index < -0.39 is 46.8 Å². The molecule has 0 aliphatic carbocycles. The third-order valence-corrected chi connectivity index (χ3v) is 4.98. The Morgan fingerprint density at radius 3 is 2.70 bits per heavy atom. The Labute approximate surface area is 172 Å². The number of halogens is 2. The van der Waals surface area contributed by atoms with Gasteiger partial charge in [0.2, 0.25) is 11.9 Å². The number of nitrogens with one attached hydrogen (secondary N) is 1. The number of benzene rings is 1. The second kappa shape index (κ2) is 7.75. The first kappa shape index (κ1) is 21.8. The van der Waals surface area contributed by atoms with E-state index in [2.05, 4.69) is 10.3 Å². The second-order valence-corrected chi connectivity index (χ2v) is 8.28. The molecule has 2 aliphatic heterocycles. The van der Waals surface area contributed by atoms with Gasteiger partial charge in [0.25, 0.3) is 0 Å². The van der Waals surface area contributed by atoms with Crippen molar-refractivity contribution in [3.05, 3.63) is 35.4 Å². The molecule has 0 aromatic heterocycles. The van der Waals surface area contributed by atoms with Gasteiger partial charge in [0.15, 0.2) is 0 Å². The fraction of sp³-hybridized carbons (Fsp3) is 0.500. The molecule has 1 N–H and O–H groups in total. The molecule has 1 aromatic carbocycles. The van der Waals surface area contributed by atoms with Crippen LogP contribution in [0.3, 0.4) is 0 Å². The van der Waals surface area contributed by atoms with Crippen LogP contribution in [0.5, 0.6) is 0 Å². The van der Waals surface area contributed by atoms with Gasteiger partial charge < -0.3 is 14.3 Å². The van der Waals surface area contributed by atoms with Crippen molar-refractivity contribution in [1.82, 2.24) is 10.2 Å². The van der Waals surface area contributed by atoms with E-state index in [1.54, 1.807) is 20.8 Å². The molecule has 1 saturated heterocycles. The molecule has 8 nitrogen and oxygen atoms in total. The topological polar surface area (TPSA) is 97.3 Å². The molecule has 0 saturated carbocycles. The van der Waals surface area contributed by atoms with Gasteiger partial charge in [-0.25, -0.2) is 18.6 Å². The number of hydrogen-bond donors (Lipinski definition) is 1. The maximum absolute atomic E-state index is 14.7. The number of nitrogens with zero attached hydrogens (tertiary/aromatic N) is 2.